The molecular formula is C20H14N4OS. The molecule has 126 valence electrons. The summed E-state index contributed by atoms with van der Waals surface area (Å²) < 4.78 is 5.60. The molecule has 0 saturated carbocycles. The SMILES string of the molecule is C=C/C=C(\N=C)c1nc(-c2cnc(-c3cccnc3)s2)cc2occc12. The molecule has 0 atom stereocenters. The smallest absolute Gasteiger partial charge is 0.138 e. The number of aromatic nitrogens is 3. The van der Waals surface area contributed by atoms with Crippen molar-refractivity contribution in [2.75, 3.05) is 0 Å². The molecule has 4 aromatic rings. The Bertz CT molecular complexity index is 1130. The molecule has 0 aliphatic rings. The van der Waals surface area contributed by atoms with Gasteiger partial charge >= 0.3 is 0 Å². The number of fused-ring (bicyclic) bond motifs is 1. The van der Waals surface area contributed by atoms with Gasteiger partial charge in [-0.2, -0.15) is 0 Å². The van der Waals surface area contributed by atoms with Crippen molar-refractivity contribution in [3.05, 3.63) is 73.5 Å². The van der Waals surface area contributed by atoms with Gasteiger partial charge in [0.05, 0.1) is 22.5 Å². The Morgan fingerprint density at radius 1 is 1.27 bits per heavy atom. The molecule has 5 nitrogen and oxygen atoms in total. The van der Waals surface area contributed by atoms with E-state index >= 15 is 0 Å². The summed E-state index contributed by atoms with van der Waals surface area (Å²) in [4.78, 5) is 18.4. The highest BCUT2D eigenvalue weighted by Crippen LogP contribution is 2.34. The van der Waals surface area contributed by atoms with E-state index in [1.807, 2.05) is 30.5 Å². The van der Waals surface area contributed by atoms with Gasteiger partial charge in [-0.25, -0.2) is 9.97 Å². The number of furan rings is 1. The number of allylic oxidation sites excluding steroid dienone is 2. The lowest BCUT2D eigenvalue weighted by Crippen LogP contribution is -1.91. The molecule has 0 unspecified atom stereocenters. The van der Waals surface area contributed by atoms with Gasteiger partial charge in [0.25, 0.3) is 0 Å². The second-order valence-corrected chi connectivity index (χ2v) is 6.44. The minimum absolute atomic E-state index is 0.644. The lowest BCUT2D eigenvalue weighted by Gasteiger charge is -2.05. The highest BCUT2D eigenvalue weighted by atomic mass is 32.1. The van der Waals surface area contributed by atoms with Crippen LogP contribution in [0.1, 0.15) is 5.69 Å². The number of hydrogen-bond donors (Lipinski definition) is 0. The first-order chi connectivity index (χ1) is 12.8. The van der Waals surface area contributed by atoms with Crippen LogP contribution < -0.4 is 0 Å². The third-order valence-corrected chi connectivity index (χ3v) is 4.87. The number of thiazole rings is 1. The summed E-state index contributed by atoms with van der Waals surface area (Å²) in [5.74, 6) is 0. The van der Waals surface area contributed by atoms with Crippen molar-refractivity contribution in [3.63, 3.8) is 0 Å². The Labute approximate surface area is 154 Å². The van der Waals surface area contributed by atoms with Gasteiger partial charge in [0.2, 0.25) is 0 Å². The summed E-state index contributed by atoms with van der Waals surface area (Å²) in [5.41, 5.74) is 3.83. The van der Waals surface area contributed by atoms with Crippen LogP contribution in [0.3, 0.4) is 0 Å². The first kappa shape index (κ1) is 16.1. The number of nitrogens with zero attached hydrogens (tertiary/aromatic N) is 4. The molecule has 0 bridgehead atoms. The summed E-state index contributed by atoms with van der Waals surface area (Å²) in [6.07, 6.45) is 10.4. The Morgan fingerprint density at radius 3 is 2.96 bits per heavy atom. The molecule has 0 N–H and O–H groups in total. The van der Waals surface area contributed by atoms with E-state index < -0.39 is 0 Å². The zero-order valence-corrected chi connectivity index (χ0v) is 14.6. The summed E-state index contributed by atoms with van der Waals surface area (Å²) in [7, 11) is 0. The third kappa shape index (κ3) is 2.87. The van der Waals surface area contributed by atoms with Crippen molar-refractivity contribution in [3.8, 4) is 21.1 Å². The van der Waals surface area contributed by atoms with Gasteiger partial charge in [-0.15, -0.1) is 11.3 Å². The van der Waals surface area contributed by atoms with E-state index in [4.69, 9.17) is 9.40 Å². The minimum Gasteiger partial charge on any atom is -0.464 e. The molecule has 4 heterocycles. The second kappa shape index (κ2) is 6.85. The fourth-order valence-electron chi connectivity index (χ4n) is 2.62. The molecule has 0 radical (unpaired) electrons. The van der Waals surface area contributed by atoms with Crippen molar-refractivity contribution in [2.24, 2.45) is 4.99 Å². The number of pyridine rings is 2. The van der Waals surface area contributed by atoms with Crippen LogP contribution in [0.25, 0.3) is 37.8 Å². The van der Waals surface area contributed by atoms with Crippen molar-refractivity contribution in [1.29, 1.82) is 0 Å². The van der Waals surface area contributed by atoms with E-state index in [9.17, 15) is 0 Å². The summed E-state index contributed by atoms with van der Waals surface area (Å²) in [5, 5.41) is 1.77. The first-order valence-electron chi connectivity index (χ1n) is 7.85. The minimum atomic E-state index is 0.644. The largest absolute Gasteiger partial charge is 0.464 e. The van der Waals surface area contributed by atoms with E-state index in [0.29, 0.717) is 11.4 Å². The van der Waals surface area contributed by atoms with Crippen molar-refractivity contribution in [1.82, 2.24) is 15.0 Å². The Hall–Kier alpha value is -3.38. The van der Waals surface area contributed by atoms with Crippen molar-refractivity contribution >= 4 is 34.7 Å². The molecule has 4 aromatic heterocycles. The summed E-state index contributed by atoms with van der Waals surface area (Å²) >= 11 is 1.55. The molecule has 4 rings (SSSR count). The Morgan fingerprint density at radius 2 is 2.19 bits per heavy atom. The maximum Gasteiger partial charge on any atom is 0.138 e. The topological polar surface area (TPSA) is 64.2 Å². The van der Waals surface area contributed by atoms with Crippen LogP contribution in [-0.2, 0) is 0 Å². The monoisotopic (exact) mass is 358 g/mol. The fourth-order valence-corrected chi connectivity index (χ4v) is 3.49. The standard InChI is InChI=1S/C20H14N4OS/c1-3-5-15(21-2)19-14-7-9-25-17(14)10-16(24-19)18-12-23-20(26-18)13-6-4-8-22-11-13/h3-12H,1-2H2/b15-5-. The molecule has 0 amide bonds. The average molecular weight is 358 g/mol. The number of hydrogen-bond acceptors (Lipinski definition) is 6. The molecule has 0 aromatic carbocycles. The van der Waals surface area contributed by atoms with Gasteiger partial charge in [-0.3, -0.25) is 9.98 Å². The van der Waals surface area contributed by atoms with Crippen LogP contribution in [0, 0.1) is 0 Å². The lowest BCUT2D eigenvalue weighted by atomic mass is 10.1. The van der Waals surface area contributed by atoms with E-state index in [2.05, 4.69) is 28.3 Å². The number of rotatable bonds is 5. The average Bonchev–Trinajstić information content (AvgIpc) is 3.35. The van der Waals surface area contributed by atoms with Crippen LogP contribution in [0.5, 0.6) is 0 Å². The molecular weight excluding hydrogens is 344 g/mol. The van der Waals surface area contributed by atoms with Gasteiger partial charge in [-0.1, -0.05) is 12.7 Å². The van der Waals surface area contributed by atoms with Gasteiger partial charge in [0.15, 0.2) is 0 Å². The van der Waals surface area contributed by atoms with E-state index in [-0.39, 0.29) is 0 Å². The van der Waals surface area contributed by atoms with Gasteiger partial charge in [0, 0.05) is 35.6 Å². The van der Waals surface area contributed by atoms with Crippen molar-refractivity contribution < 1.29 is 4.42 Å². The second-order valence-electron chi connectivity index (χ2n) is 5.41. The van der Waals surface area contributed by atoms with Crippen LogP contribution in [-0.4, -0.2) is 21.7 Å². The molecule has 0 spiro atoms. The van der Waals surface area contributed by atoms with Crippen molar-refractivity contribution in [2.45, 2.75) is 0 Å². The van der Waals surface area contributed by atoms with Crippen LogP contribution in [0.4, 0.5) is 0 Å². The van der Waals surface area contributed by atoms with Crippen LogP contribution in [0.2, 0.25) is 0 Å². The zero-order valence-electron chi connectivity index (χ0n) is 13.8. The molecule has 26 heavy (non-hydrogen) atoms. The molecule has 0 aliphatic carbocycles. The maximum atomic E-state index is 5.60. The highest BCUT2D eigenvalue weighted by molar-refractivity contribution is 7.18. The first-order valence-corrected chi connectivity index (χ1v) is 8.66. The molecule has 0 fully saturated rings. The maximum absolute atomic E-state index is 5.60. The lowest BCUT2D eigenvalue weighted by molar-refractivity contribution is 0.615. The predicted octanol–water partition coefficient (Wildman–Crippen LogP) is 5.24. The molecule has 0 saturated heterocycles. The highest BCUT2D eigenvalue weighted by Gasteiger charge is 2.15. The number of aliphatic imine (C=N–C) groups is 1. The molecule has 0 aliphatic heterocycles. The normalized spacial score (nSPS) is 11.6. The van der Waals surface area contributed by atoms with Gasteiger partial charge in [-0.05, 0) is 31.0 Å². The van der Waals surface area contributed by atoms with E-state index in [1.165, 1.54) is 0 Å². The summed E-state index contributed by atoms with van der Waals surface area (Å²) in [6.45, 7) is 7.37. The molecule has 6 heteroatoms. The quantitative estimate of drug-likeness (QED) is 0.361. The summed E-state index contributed by atoms with van der Waals surface area (Å²) in [6, 6.07) is 7.66. The van der Waals surface area contributed by atoms with E-state index in [1.54, 1.807) is 42.1 Å². The predicted molar refractivity (Wildman–Crippen MR) is 106 cm³/mol. The van der Waals surface area contributed by atoms with Gasteiger partial charge < -0.3 is 4.42 Å². The Balaban J connectivity index is 1.85. The fraction of sp³-hybridized carbons (Fsp3) is 0. The zero-order chi connectivity index (χ0) is 17.9. The third-order valence-electron chi connectivity index (χ3n) is 3.81. The van der Waals surface area contributed by atoms with E-state index in [0.717, 1.165) is 32.1 Å². The Kier molecular flexibility index (Phi) is 4.25. The van der Waals surface area contributed by atoms with Gasteiger partial charge in [0.1, 0.15) is 16.3 Å². The van der Waals surface area contributed by atoms with Crippen LogP contribution >= 0.6 is 11.3 Å². The van der Waals surface area contributed by atoms with Crippen LogP contribution in [0.15, 0.2) is 77.3 Å².